The summed E-state index contributed by atoms with van der Waals surface area (Å²) in [6.07, 6.45) is 0.985. The minimum Gasteiger partial charge on any atom is -0.362 e. The first-order valence-electron chi connectivity index (χ1n) is 7.16. The van der Waals surface area contributed by atoms with Gasteiger partial charge in [0.1, 0.15) is 0 Å². The van der Waals surface area contributed by atoms with E-state index in [1.165, 1.54) is 5.56 Å². The number of hydrogen-bond donors (Lipinski definition) is 2. The van der Waals surface area contributed by atoms with Gasteiger partial charge in [-0.1, -0.05) is 28.9 Å². The molecular weight excluding hydrogens is 318 g/mol. The van der Waals surface area contributed by atoms with E-state index >= 15 is 0 Å². The Morgan fingerprint density at radius 2 is 2.30 bits per heavy atom. The third-order valence-corrected chi connectivity index (χ3v) is 4.27. The molecule has 4 nitrogen and oxygen atoms in total. The van der Waals surface area contributed by atoms with Gasteiger partial charge in [-0.05, 0) is 37.6 Å². The lowest BCUT2D eigenvalue weighted by molar-refractivity contribution is -0.119. The fraction of sp³-hybridized carbons (Fsp3) is 0.533. The first-order valence-corrected chi connectivity index (χ1v) is 7.95. The molecule has 1 atom stereocenters. The first kappa shape index (κ1) is 15.3. The molecule has 1 aromatic carbocycles. The van der Waals surface area contributed by atoms with E-state index in [-0.39, 0.29) is 5.91 Å². The minimum absolute atomic E-state index is 0.101. The van der Waals surface area contributed by atoms with Crippen molar-refractivity contribution in [3.8, 4) is 0 Å². The number of hydrogen-bond acceptors (Lipinski definition) is 3. The number of halogens is 1. The molecule has 1 unspecified atom stereocenters. The topological polar surface area (TPSA) is 44.4 Å². The van der Waals surface area contributed by atoms with Gasteiger partial charge in [-0.15, -0.1) is 0 Å². The molecule has 0 aromatic heterocycles. The molecule has 0 aliphatic carbocycles. The maximum Gasteiger partial charge on any atom is 0.239 e. The third-order valence-electron chi connectivity index (χ3n) is 3.59. The van der Waals surface area contributed by atoms with Crippen LogP contribution in [0, 0.1) is 0 Å². The van der Waals surface area contributed by atoms with E-state index in [1.54, 1.807) is 0 Å². The summed E-state index contributed by atoms with van der Waals surface area (Å²) in [4.78, 5) is 13.8. The van der Waals surface area contributed by atoms with Crippen molar-refractivity contribution in [1.82, 2.24) is 10.6 Å². The smallest absolute Gasteiger partial charge is 0.239 e. The van der Waals surface area contributed by atoms with Crippen LogP contribution in [0.25, 0.3) is 0 Å². The van der Waals surface area contributed by atoms with Crippen LogP contribution in [-0.4, -0.2) is 32.1 Å². The van der Waals surface area contributed by atoms with E-state index in [0.29, 0.717) is 12.6 Å². The second-order valence-corrected chi connectivity index (χ2v) is 5.96. The summed E-state index contributed by atoms with van der Waals surface area (Å²) in [7, 11) is 0. The van der Waals surface area contributed by atoms with Gasteiger partial charge in [-0.3, -0.25) is 4.79 Å². The van der Waals surface area contributed by atoms with Gasteiger partial charge in [0.25, 0.3) is 0 Å². The van der Waals surface area contributed by atoms with Gasteiger partial charge in [0.15, 0.2) is 0 Å². The molecule has 1 fully saturated rings. The molecule has 0 saturated carbocycles. The van der Waals surface area contributed by atoms with Crippen molar-refractivity contribution >= 4 is 27.5 Å². The highest BCUT2D eigenvalue weighted by atomic mass is 79.9. The molecule has 2 N–H and O–H groups in total. The summed E-state index contributed by atoms with van der Waals surface area (Å²) < 4.78 is 1.09. The van der Waals surface area contributed by atoms with Crippen molar-refractivity contribution in [2.75, 3.05) is 31.1 Å². The first-order chi connectivity index (χ1) is 9.61. The summed E-state index contributed by atoms with van der Waals surface area (Å²) in [5, 5.41) is 6.31. The molecule has 1 aliphatic rings. The van der Waals surface area contributed by atoms with E-state index in [2.05, 4.69) is 63.5 Å². The lowest BCUT2D eigenvalue weighted by atomic mass is 10.1. The average Bonchev–Trinajstić information content (AvgIpc) is 2.63. The van der Waals surface area contributed by atoms with Gasteiger partial charge in [0.2, 0.25) is 5.91 Å². The Labute approximate surface area is 129 Å². The van der Waals surface area contributed by atoms with E-state index in [4.69, 9.17) is 0 Å². The highest BCUT2D eigenvalue weighted by molar-refractivity contribution is 9.10. The number of nitrogens with zero attached hydrogens (tertiary/aromatic N) is 1. The predicted molar refractivity (Wildman–Crippen MR) is 86.1 cm³/mol. The number of amides is 1. The number of nitrogens with one attached hydrogen (secondary N) is 2. The second-order valence-electron chi connectivity index (χ2n) is 5.11. The van der Waals surface area contributed by atoms with Crippen molar-refractivity contribution in [2.45, 2.75) is 26.3 Å². The van der Waals surface area contributed by atoms with Crippen LogP contribution >= 0.6 is 15.9 Å². The number of carbonyl (C=O) groups excluding carboxylic acids is 1. The van der Waals surface area contributed by atoms with Crippen LogP contribution in [-0.2, 0) is 4.79 Å². The zero-order valence-electron chi connectivity index (χ0n) is 12.1. The third kappa shape index (κ3) is 3.73. The molecule has 1 aliphatic heterocycles. The molecule has 0 bridgehead atoms. The molecule has 1 saturated heterocycles. The van der Waals surface area contributed by atoms with Gasteiger partial charge in [0.05, 0.1) is 6.54 Å². The van der Waals surface area contributed by atoms with Crippen molar-refractivity contribution < 1.29 is 4.79 Å². The van der Waals surface area contributed by atoms with E-state index in [1.807, 2.05) is 0 Å². The van der Waals surface area contributed by atoms with Crippen LogP contribution < -0.4 is 15.5 Å². The SMILES string of the molecule is CCNC(C)c1ccc(N2CCCNC(=O)C2)cc1Br. The Morgan fingerprint density at radius 1 is 1.50 bits per heavy atom. The molecular formula is C15H22BrN3O. The monoisotopic (exact) mass is 339 g/mol. The van der Waals surface area contributed by atoms with E-state index in [0.717, 1.165) is 36.2 Å². The Morgan fingerprint density at radius 3 is 3.00 bits per heavy atom. The standard InChI is InChI=1S/C15H22BrN3O/c1-3-17-11(2)13-6-5-12(9-14(13)16)19-8-4-7-18-15(20)10-19/h5-6,9,11,17H,3-4,7-8,10H2,1-2H3,(H,18,20). The lowest BCUT2D eigenvalue weighted by Crippen LogP contribution is -2.33. The summed E-state index contributed by atoms with van der Waals surface area (Å²) in [6, 6.07) is 6.67. The fourth-order valence-corrected chi connectivity index (χ4v) is 3.22. The Kier molecular flexibility index (Phi) is 5.43. The molecule has 1 amide bonds. The summed E-state index contributed by atoms with van der Waals surface area (Å²) in [5.74, 6) is 0.101. The second kappa shape index (κ2) is 7.09. The molecule has 0 spiro atoms. The van der Waals surface area contributed by atoms with Crippen LogP contribution in [0.5, 0.6) is 0 Å². The minimum atomic E-state index is 0.101. The highest BCUT2D eigenvalue weighted by Gasteiger charge is 2.16. The maximum absolute atomic E-state index is 11.6. The van der Waals surface area contributed by atoms with Crippen molar-refractivity contribution in [1.29, 1.82) is 0 Å². The number of carbonyl (C=O) groups is 1. The van der Waals surface area contributed by atoms with Crippen molar-refractivity contribution in [3.05, 3.63) is 28.2 Å². The quantitative estimate of drug-likeness (QED) is 0.885. The summed E-state index contributed by atoms with van der Waals surface area (Å²) in [5.41, 5.74) is 2.34. The molecule has 0 radical (unpaired) electrons. The van der Waals surface area contributed by atoms with Gasteiger partial charge in [0, 0.05) is 29.3 Å². The van der Waals surface area contributed by atoms with Crippen LogP contribution in [0.1, 0.15) is 31.9 Å². The zero-order valence-corrected chi connectivity index (χ0v) is 13.7. The highest BCUT2D eigenvalue weighted by Crippen LogP contribution is 2.28. The largest absolute Gasteiger partial charge is 0.362 e. The fourth-order valence-electron chi connectivity index (χ4n) is 2.51. The van der Waals surface area contributed by atoms with Gasteiger partial charge in [-0.2, -0.15) is 0 Å². The molecule has 1 aromatic rings. The van der Waals surface area contributed by atoms with Crippen LogP contribution in [0.4, 0.5) is 5.69 Å². The molecule has 1 heterocycles. The number of anilines is 1. The van der Waals surface area contributed by atoms with Gasteiger partial charge < -0.3 is 15.5 Å². The molecule has 20 heavy (non-hydrogen) atoms. The lowest BCUT2D eigenvalue weighted by Gasteiger charge is -2.23. The molecule has 5 heteroatoms. The van der Waals surface area contributed by atoms with Gasteiger partial charge >= 0.3 is 0 Å². The van der Waals surface area contributed by atoms with Crippen molar-refractivity contribution in [3.63, 3.8) is 0 Å². The average molecular weight is 340 g/mol. The Balaban J connectivity index is 2.17. The zero-order chi connectivity index (χ0) is 14.5. The van der Waals surface area contributed by atoms with Gasteiger partial charge in [-0.25, -0.2) is 0 Å². The van der Waals surface area contributed by atoms with Crippen LogP contribution in [0.3, 0.4) is 0 Å². The summed E-state index contributed by atoms with van der Waals surface area (Å²) in [6.45, 7) is 7.33. The summed E-state index contributed by atoms with van der Waals surface area (Å²) >= 11 is 3.65. The van der Waals surface area contributed by atoms with Crippen LogP contribution in [0.15, 0.2) is 22.7 Å². The van der Waals surface area contributed by atoms with Crippen LogP contribution in [0.2, 0.25) is 0 Å². The molecule has 110 valence electrons. The Hall–Kier alpha value is -1.07. The molecule has 2 rings (SSSR count). The normalized spacial score (nSPS) is 17.6. The number of rotatable bonds is 4. The van der Waals surface area contributed by atoms with E-state index < -0.39 is 0 Å². The number of benzene rings is 1. The van der Waals surface area contributed by atoms with E-state index in [9.17, 15) is 4.79 Å². The Bertz CT molecular complexity index is 478. The maximum atomic E-state index is 11.6. The van der Waals surface area contributed by atoms with Crippen molar-refractivity contribution in [2.24, 2.45) is 0 Å². The predicted octanol–water partition coefficient (Wildman–Crippen LogP) is 2.45.